The van der Waals surface area contributed by atoms with Gasteiger partial charge in [-0.05, 0) is 18.6 Å². The fourth-order valence-electron chi connectivity index (χ4n) is 3.22. The fourth-order valence-corrected chi connectivity index (χ4v) is 3.42. The maximum Gasteiger partial charge on any atom is 0.135 e. The average molecular weight is 309 g/mol. The molecule has 0 amide bonds. The largest absolute Gasteiger partial charge is 0.389 e. The SMILES string of the molecule is NC(=S)c1c(F)cccc1N1CCC(N2CCOCC2)C1. The summed E-state index contributed by atoms with van der Waals surface area (Å²) >= 11 is 5.01. The molecule has 2 fully saturated rings. The van der Waals surface area contributed by atoms with Crippen LogP contribution >= 0.6 is 12.2 Å². The van der Waals surface area contributed by atoms with Gasteiger partial charge in [-0.2, -0.15) is 0 Å². The second-order valence-corrected chi connectivity index (χ2v) is 5.97. The second-order valence-electron chi connectivity index (χ2n) is 5.54. The fraction of sp³-hybridized carbons (Fsp3) is 0.533. The van der Waals surface area contributed by atoms with Crippen molar-refractivity contribution < 1.29 is 9.13 Å². The van der Waals surface area contributed by atoms with Crippen molar-refractivity contribution in [2.24, 2.45) is 5.73 Å². The molecule has 1 atom stereocenters. The Labute approximate surface area is 129 Å². The van der Waals surface area contributed by atoms with Gasteiger partial charge in [0.2, 0.25) is 0 Å². The molecule has 2 aliphatic rings. The van der Waals surface area contributed by atoms with Crippen molar-refractivity contribution >= 4 is 22.9 Å². The zero-order valence-electron chi connectivity index (χ0n) is 11.9. The highest BCUT2D eigenvalue weighted by molar-refractivity contribution is 7.80. The van der Waals surface area contributed by atoms with Crippen molar-refractivity contribution in [3.8, 4) is 0 Å². The third-order valence-electron chi connectivity index (χ3n) is 4.30. The van der Waals surface area contributed by atoms with Crippen molar-refractivity contribution in [3.63, 3.8) is 0 Å². The molecule has 2 heterocycles. The molecule has 1 aromatic carbocycles. The van der Waals surface area contributed by atoms with Gasteiger partial charge in [-0.1, -0.05) is 18.3 Å². The number of benzene rings is 1. The monoisotopic (exact) mass is 309 g/mol. The van der Waals surface area contributed by atoms with Gasteiger partial charge < -0.3 is 15.4 Å². The quantitative estimate of drug-likeness (QED) is 0.854. The minimum atomic E-state index is -0.338. The molecule has 21 heavy (non-hydrogen) atoms. The predicted octanol–water partition coefficient (Wildman–Crippen LogP) is 1.37. The molecule has 0 bridgehead atoms. The third-order valence-corrected chi connectivity index (χ3v) is 4.51. The van der Waals surface area contributed by atoms with E-state index in [0.717, 1.165) is 51.5 Å². The predicted molar refractivity (Wildman–Crippen MR) is 85.3 cm³/mol. The molecule has 6 heteroatoms. The first-order valence-corrected chi connectivity index (χ1v) is 7.72. The van der Waals surface area contributed by atoms with E-state index in [1.54, 1.807) is 6.07 Å². The molecule has 2 saturated heterocycles. The third kappa shape index (κ3) is 3.02. The first-order valence-electron chi connectivity index (χ1n) is 7.32. The van der Waals surface area contributed by atoms with E-state index in [1.165, 1.54) is 6.07 Å². The standard InChI is InChI=1S/C15H20FN3OS/c16-12-2-1-3-13(14(12)15(17)21)19-5-4-11(10-19)18-6-8-20-9-7-18/h1-3,11H,4-10H2,(H2,17,21). The van der Waals surface area contributed by atoms with Crippen LogP contribution in [0, 0.1) is 5.82 Å². The van der Waals surface area contributed by atoms with Crippen LogP contribution in [0.2, 0.25) is 0 Å². The molecule has 2 N–H and O–H groups in total. The summed E-state index contributed by atoms with van der Waals surface area (Å²) in [6.45, 7) is 5.34. The van der Waals surface area contributed by atoms with Gasteiger partial charge in [0.1, 0.15) is 10.8 Å². The summed E-state index contributed by atoms with van der Waals surface area (Å²) in [5.41, 5.74) is 6.89. The lowest BCUT2D eigenvalue weighted by molar-refractivity contribution is 0.0209. The zero-order chi connectivity index (χ0) is 14.8. The molecule has 1 unspecified atom stereocenters. The van der Waals surface area contributed by atoms with Crippen molar-refractivity contribution in [3.05, 3.63) is 29.6 Å². The number of hydrogen-bond acceptors (Lipinski definition) is 4. The molecule has 2 aliphatic heterocycles. The van der Waals surface area contributed by atoms with Crippen LogP contribution in [0.3, 0.4) is 0 Å². The number of anilines is 1. The molecule has 0 aromatic heterocycles. The Kier molecular flexibility index (Phi) is 4.37. The van der Waals surface area contributed by atoms with E-state index in [0.29, 0.717) is 11.6 Å². The van der Waals surface area contributed by atoms with Crippen molar-refractivity contribution in [2.75, 3.05) is 44.3 Å². The summed E-state index contributed by atoms with van der Waals surface area (Å²) in [4.78, 5) is 4.78. The van der Waals surface area contributed by atoms with Crippen LogP contribution < -0.4 is 10.6 Å². The van der Waals surface area contributed by atoms with E-state index < -0.39 is 0 Å². The van der Waals surface area contributed by atoms with Crippen LogP contribution in [0.25, 0.3) is 0 Å². The summed E-state index contributed by atoms with van der Waals surface area (Å²) < 4.78 is 19.4. The van der Waals surface area contributed by atoms with Gasteiger partial charge in [0.05, 0.1) is 18.8 Å². The number of nitrogens with zero attached hydrogens (tertiary/aromatic N) is 2. The molecule has 114 valence electrons. The van der Waals surface area contributed by atoms with Crippen LogP contribution in [0.4, 0.5) is 10.1 Å². The van der Waals surface area contributed by atoms with Gasteiger partial charge in [-0.25, -0.2) is 4.39 Å². The number of ether oxygens (including phenoxy) is 1. The minimum Gasteiger partial charge on any atom is -0.389 e. The van der Waals surface area contributed by atoms with E-state index in [-0.39, 0.29) is 10.8 Å². The van der Waals surface area contributed by atoms with Gasteiger partial charge in [0.25, 0.3) is 0 Å². The van der Waals surface area contributed by atoms with Crippen LogP contribution in [0.15, 0.2) is 18.2 Å². The molecular weight excluding hydrogens is 289 g/mol. The van der Waals surface area contributed by atoms with E-state index >= 15 is 0 Å². The summed E-state index contributed by atoms with van der Waals surface area (Å²) in [6, 6.07) is 5.53. The van der Waals surface area contributed by atoms with Gasteiger partial charge >= 0.3 is 0 Å². The molecule has 4 nitrogen and oxygen atoms in total. The van der Waals surface area contributed by atoms with E-state index in [9.17, 15) is 4.39 Å². The Balaban J connectivity index is 1.77. The molecule has 0 aliphatic carbocycles. The summed E-state index contributed by atoms with van der Waals surface area (Å²) in [7, 11) is 0. The van der Waals surface area contributed by atoms with Gasteiger partial charge in [-0.3, -0.25) is 4.90 Å². The first-order chi connectivity index (χ1) is 10.2. The normalized spacial score (nSPS) is 23.5. The summed E-state index contributed by atoms with van der Waals surface area (Å²) in [6.07, 6.45) is 1.08. The van der Waals surface area contributed by atoms with Crippen LogP contribution in [-0.4, -0.2) is 55.3 Å². The lowest BCUT2D eigenvalue weighted by atomic mass is 10.1. The first kappa shape index (κ1) is 14.7. The van der Waals surface area contributed by atoms with Gasteiger partial charge in [-0.15, -0.1) is 0 Å². The Morgan fingerprint density at radius 3 is 2.76 bits per heavy atom. The number of hydrogen-bond donors (Lipinski definition) is 1. The van der Waals surface area contributed by atoms with Crippen molar-refractivity contribution in [1.29, 1.82) is 0 Å². The highest BCUT2D eigenvalue weighted by Crippen LogP contribution is 2.28. The Morgan fingerprint density at radius 2 is 2.05 bits per heavy atom. The molecule has 3 rings (SSSR count). The van der Waals surface area contributed by atoms with Crippen LogP contribution in [0.5, 0.6) is 0 Å². The Morgan fingerprint density at radius 1 is 1.29 bits per heavy atom. The Hall–Kier alpha value is -1.24. The smallest absolute Gasteiger partial charge is 0.135 e. The van der Waals surface area contributed by atoms with Crippen molar-refractivity contribution in [1.82, 2.24) is 4.90 Å². The van der Waals surface area contributed by atoms with Crippen LogP contribution in [0.1, 0.15) is 12.0 Å². The van der Waals surface area contributed by atoms with Crippen LogP contribution in [-0.2, 0) is 4.74 Å². The molecule has 0 radical (unpaired) electrons. The minimum absolute atomic E-state index is 0.123. The second kappa shape index (κ2) is 6.25. The molecule has 1 aromatic rings. The molecule has 0 saturated carbocycles. The molecule has 0 spiro atoms. The number of morpholine rings is 1. The zero-order valence-corrected chi connectivity index (χ0v) is 12.7. The lowest BCUT2D eigenvalue weighted by Crippen LogP contribution is -2.44. The van der Waals surface area contributed by atoms with Gasteiger partial charge in [0.15, 0.2) is 0 Å². The summed E-state index contributed by atoms with van der Waals surface area (Å²) in [5.74, 6) is -0.338. The van der Waals surface area contributed by atoms with Crippen molar-refractivity contribution in [2.45, 2.75) is 12.5 Å². The lowest BCUT2D eigenvalue weighted by Gasteiger charge is -2.32. The highest BCUT2D eigenvalue weighted by atomic mass is 32.1. The number of thiocarbonyl (C=S) groups is 1. The summed E-state index contributed by atoms with van der Waals surface area (Å²) in [5, 5.41) is 0. The maximum atomic E-state index is 14.0. The maximum absolute atomic E-state index is 14.0. The van der Waals surface area contributed by atoms with Gasteiger partial charge in [0, 0.05) is 37.9 Å². The Bertz CT molecular complexity index is 534. The molecular formula is C15H20FN3OS. The topological polar surface area (TPSA) is 41.7 Å². The number of nitrogens with two attached hydrogens (primary N) is 1. The highest BCUT2D eigenvalue weighted by Gasteiger charge is 2.30. The van der Waals surface area contributed by atoms with E-state index in [4.69, 9.17) is 22.7 Å². The van der Waals surface area contributed by atoms with E-state index in [2.05, 4.69) is 9.80 Å². The number of rotatable bonds is 3. The number of halogens is 1. The van der Waals surface area contributed by atoms with E-state index in [1.807, 2.05) is 6.07 Å². The average Bonchev–Trinajstić information content (AvgIpc) is 2.97.